The van der Waals surface area contributed by atoms with Crippen LogP contribution in [0.15, 0.2) is 30.3 Å². The molecule has 3 N–H and O–H groups in total. The van der Waals surface area contributed by atoms with Crippen molar-refractivity contribution in [2.45, 2.75) is 77.4 Å². The summed E-state index contributed by atoms with van der Waals surface area (Å²) >= 11 is 0. The zero-order valence-corrected chi connectivity index (χ0v) is 18.0. The summed E-state index contributed by atoms with van der Waals surface area (Å²) in [6.45, 7) is 4.34. The number of carboxylic acids is 1. The van der Waals surface area contributed by atoms with Crippen molar-refractivity contribution in [1.29, 1.82) is 0 Å². The first-order valence-electron chi connectivity index (χ1n) is 10.8. The molecule has 2 atom stereocenters. The fourth-order valence-corrected chi connectivity index (χ4v) is 3.95. The number of unbranched alkanes of at least 4 members (excludes halogenated alkanes) is 3. The minimum absolute atomic E-state index is 0.158. The van der Waals surface area contributed by atoms with Crippen LogP contribution in [0.3, 0.4) is 0 Å². The SMILES string of the molecule is CC(C)(Cc1ccccc1)C(O)CCN1C(=O)NC(=O)C1CCCCCCC(=O)O. The minimum Gasteiger partial charge on any atom is -0.481 e. The zero-order valence-electron chi connectivity index (χ0n) is 18.0. The minimum atomic E-state index is -0.796. The number of carbonyl (C=O) groups excluding carboxylic acids is 2. The van der Waals surface area contributed by atoms with Gasteiger partial charge in [0.25, 0.3) is 5.91 Å². The van der Waals surface area contributed by atoms with Gasteiger partial charge >= 0.3 is 12.0 Å². The van der Waals surface area contributed by atoms with Crippen LogP contribution in [-0.2, 0) is 16.0 Å². The molecule has 0 bridgehead atoms. The second kappa shape index (κ2) is 11.1. The van der Waals surface area contributed by atoms with Gasteiger partial charge in [0, 0.05) is 13.0 Å². The Morgan fingerprint density at radius 3 is 2.47 bits per heavy atom. The number of aliphatic hydroxyl groups is 1. The summed E-state index contributed by atoms with van der Waals surface area (Å²) in [5.74, 6) is -1.08. The topological polar surface area (TPSA) is 107 Å². The largest absolute Gasteiger partial charge is 0.481 e. The van der Waals surface area contributed by atoms with Gasteiger partial charge in [-0.05, 0) is 36.7 Å². The molecular weight excluding hydrogens is 384 g/mol. The van der Waals surface area contributed by atoms with Crippen molar-refractivity contribution in [3.8, 4) is 0 Å². The number of carboxylic acid groups (broad SMARTS) is 1. The van der Waals surface area contributed by atoms with E-state index < -0.39 is 24.1 Å². The highest BCUT2D eigenvalue weighted by Gasteiger charge is 2.38. The first-order valence-corrected chi connectivity index (χ1v) is 10.8. The van der Waals surface area contributed by atoms with Crippen molar-refractivity contribution >= 4 is 17.9 Å². The Bertz CT molecular complexity index is 720. The third-order valence-corrected chi connectivity index (χ3v) is 5.84. The molecule has 0 radical (unpaired) electrons. The highest BCUT2D eigenvalue weighted by atomic mass is 16.4. The van der Waals surface area contributed by atoms with Gasteiger partial charge in [0.15, 0.2) is 0 Å². The molecule has 1 heterocycles. The van der Waals surface area contributed by atoms with Gasteiger partial charge in [-0.1, -0.05) is 63.4 Å². The molecule has 1 aromatic carbocycles. The lowest BCUT2D eigenvalue weighted by Gasteiger charge is -2.32. The van der Waals surface area contributed by atoms with Gasteiger partial charge < -0.3 is 15.1 Å². The molecule has 3 amide bonds. The molecule has 1 saturated heterocycles. The van der Waals surface area contributed by atoms with E-state index in [1.54, 1.807) is 0 Å². The number of nitrogens with zero attached hydrogens (tertiary/aromatic N) is 1. The van der Waals surface area contributed by atoms with E-state index in [0.717, 1.165) is 31.2 Å². The van der Waals surface area contributed by atoms with Crippen LogP contribution < -0.4 is 5.32 Å². The molecular formula is C23H34N2O5. The Morgan fingerprint density at radius 1 is 1.13 bits per heavy atom. The number of aliphatic hydroxyl groups excluding tert-OH is 1. The fraction of sp³-hybridized carbons (Fsp3) is 0.609. The predicted molar refractivity (Wildman–Crippen MR) is 114 cm³/mol. The lowest BCUT2D eigenvalue weighted by molar-refractivity contribution is -0.137. The van der Waals surface area contributed by atoms with Crippen molar-refractivity contribution < 1.29 is 24.6 Å². The van der Waals surface area contributed by atoms with Gasteiger partial charge in [-0.15, -0.1) is 0 Å². The van der Waals surface area contributed by atoms with Crippen molar-refractivity contribution in [1.82, 2.24) is 10.2 Å². The molecule has 7 nitrogen and oxygen atoms in total. The van der Waals surface area contributed by atoms with Gasteiger partial charge in [0.2, 0.25) is 0 Å². The van der Waals surface area contributed by atoms with E-state index in [0.29, 0.717) is 25.8 Å². The Balaban J connectivity index is 1.82. The van der Waals surface area contributed by atoms with Crippen LogP contribution >= 0.6 is 0 Å². The van der Waals surface area contributed by atoms with E-state index in [9.17, 15) is 19.5 Å². The van der Waals surface area contributed by atoms with Crippen LogP contribution in [0.4, 0.5) is 4.79 Å². The first-order chi connectivity index (χ1) is 14.2. The predicted octanol–water partition coefficient (Wildman–Crippen LogP) is 3.35. The molecule has 2 rings (SSSR count). The number of rotatable bonds is 13. The summed E-state index contributed by atoms with van der Waals surface area (Å²) in [4.78, 5) is 36.5. The van der Waals surface area contributed by atoms with Crippen LogP contribution in [0.2, 0.25) is 0 Å². The van der Waals surface area contributed by atoms with Gasteiger partial charge in [-0.2, -0.15) is 0 Å². The van der Waals surface area contributed by atoms with E-state index >= 15 is 0 Å². The average molecular weight is 419 g/mol. The molecule has 166 valence electrons. The van der Waals surface area contributed by atoms with Gasteiger partial charge in [-0.25, -0.2) is 4.79 Å². The van der Waals surface area contributed by atoms with E-state index in [1.165, 1.54) is 4.90 Å². The van der Waals surface area contributed by atoms with Crippen LogP contribution in [0, 0.1) is 5.41 Å². The van der Waals surface area contributed by atoms with Crippen LogP contribution in [0.5, 0.6) is 0 Å². The number of urea groups is 1. The average Bonchev–Trinajstić information content (AvgIpc) is 2.95. The Morgan fingerprint density at radius 2 is 1.80 bits per heavy atom. The second-order valence-corrected chi connectivity index (χ2v) is 8.81. The maximum absolute atomic E-state index is 12.2. The summed E-state index contributed by atoms with van der Waals surface area (Å²) in [6.07, 6.45) is 4.21. The third kappa shape index (κ3) is 7.13. The van der Waals surface area contributed by atoms with E-state index in [-0.39, 0.29) is 17.7 Å². The smallest absolute Gasteiger partial charge is 0.324 e. The van der Waals surface area contributed by atoms with Gasteiger partial charge in [0.1, 0.15) is 6.04 Å². The summed E-state index contributed by atoms with van der Waals surface area (Å²) < 4.78 is 0. The monoisotopic (exact) mass is 418 g/mol. The van der Waals surface area contributed by atoms with Crippen LogP contribution in [0.1, 0.15) is 64.4 Å². The molecule has 30 heavy (non-hydrogen) atoms. The second-order valence-electron chi connectivity index (χ2n) is 8.81. The molecule has 1 aliphatic rings. The molecule has 0 saturated carbocycles. The van der Waals surface area contributed by atoms with E-state index in [4.69, 9.17) is 5.11 Å². The number of amides is 3. The van der Waals surface area contributed by atoms with Crippen LogP contribution in [-0.4, -0.2) is 51.7 Å². The third-order valence-electron chi connectivity index (χ3n) is 5.84. The highest BCUT2D eigenvalue weighted by molar-refractivity contribution is 6.04. The van der Waals surface area contributed by atoms with Crippen LogP contribution in [0.25, 0.3) is 0 Å². The summed E-state index contributed by atoms with van der Waals surface area (Å²) in [5.41, 5.74) is 0.790. The number of carbonyl (C=O) groups is 3. The molecule has 7 heteroatoms. The number of imide groups is 1. The standard InChI is InChI=1S/C23H34N2O5/c1-23(2,16-17-10-6-5-7-11-17)19(26)14-15-25-18(21(29)24-22(25)30)12-8-3-4-9-13-20(27)28/h5-7,10-11,18-19,26H,3-4,8-9,12-16H2,1-2H3,(H,27,28)(H,24,29,30). The van der Waals surface area contributed by atoms with Crippen molar-refractivity contribution in [3.63, 3.8) is 0 Å². The number of aliphatic carboxylic acids is 1. The number of hydrogen-bond donors (Lipinski definition) is 3. The zero-order chi connectivity index (χ0) is 22.1. The lowest BCUT2D eigenvalue weighted by atomic mass is 9.79. The molecule has 2 unspecified atom stereocenters. The molecule has 1 aliphatic heterocycles. The summed E-state index contributed by atoms with van der Waals surface area (Å²) in [6, 6.07) is 9.07. The van der Waals surface area contributed by atoms with Gasteiger partial charge in [0.05, 0.1) is 6.10 Å². The fourth-order valence-electron chi connectivity index (χ4n) is 3.95. The number of hydrogen-bond acceptors (Lipinski definition) is 4. The van der Waals surface area contributed by atoms with E-state index in [2.05, 4.69) is 5.32 Å². The summed E-state index contributed by atoms with van der Waals surface area (Å²) in [5, 5.41) is 21.8. The maximum Gasteiger partial charge on any atom is 0.324 e. The van der Waals surface area contributed by atoms with E-state index in [1.807, 2.05) is 44.2 Å². The first kappa shape index (κ1) is 23.9. The lowest BCUT2D eigenvalue weighted by Crippen LogP contribution is -2.40. The van der Waals surface area contributed by atoms with Crippen molar-refractivity contribution in [2.75, 3.05) is 6.54 Å². The van der Waals surface area contributed by atoms with Gasteiger partial charge in [-0.3, -0.25) is 14.9 Å². The molecule has 0 aliphatic carbocycles. The molecule has 1 fully saturated rings. The molecule has 1 aromatic rings. The molecule has 0 aromatic heterocycles. The van der Waals surface area contributed by atoms with Crippen molar-refractivity contribution in [2.24, 2.45) is 5.41 Å². The highest BCUT2D eigenvalue weighted by Crippen LogP contribution is 2.29. The normalized spacial score (nSPS) is 17.8. The Hall–Kier alpha value is -2.41. The molecule has 0 spiro atoms. The van der Waals surface area contributed by atoms with Crippen molar-refractivity contribution in [3.05, 3.63) is 35.9 Å². The number of nitrogens with one attached hydrogen (secondary N) is 1. The maximum atomic E-state index is 12.2. The Labute approximate surface area is 178 Å². The number of benzene rings is 1. The summed E-state index contributed by atoms with van der Waals surface area (Å²) in [7, 11) is 0. The Kier molecular flexibility index (Phi) is 8.84. The quantitative estimate of drug-likeness (QED) is 0.336.